The molecule has 4 N–H and O–H groups in total. The van der Waals surface area contributed by atoms with Gasteiger partial charge in [0, 0.05) is 12.2 Å². The van der Waals surface area contributed by atoms with Gasteiger partial charge in [0.15, 0.2) is 0 Å². The zero-order valence-corrected chi connectivity index (χ0v) is 12.5. The second kappa shape index (κ2) is 6.17. The first-order valence-corrected chi connectivity index (χ1v) is 7.29. The van der Waals surface area contributed by atoms with Crippen LogP contribution in [0.3, 0.4) is 0 Å². The number of pyridine rings is 1. The number of carbonyl (C=O) groups is 1. The van der Waals surface area contributed by atoms with Gasteiger partial charge in [-0.3, -0.25) is 4.79 Å². The molecule has 0 fully saturated rings. The summed E-state index contributed by atoms with van der Waals surface area (Å²) in [5.74, 6) is 0.291. The van der Waals surface area contributed by atoms with Gasteiger partial charge in [-0.1, -0.05) is 12.2 Å². The van der Waals surface area contributed by atoms with Crippen molar-refractivity contribution in [1.82, 2.24) is 4.98 Å². The molecule has 5 nitrogen and oxygen atoms in total. The maximum absolute atomic E-state index is 11.2. The summed E-state index contributed by atoms with van der Waals surface area (Å²) in [5, 5.41) is 0. The molecule has 108 valence electrons. The van der Waals surface area contributed by atoms with Crippen LogP contribution in [0.4, 0.5) is 5.82 Å². The topological polar surface area (TPSA) is 85.2 Å². The Kier molecular flexibility index (Phi) is 4.54. The first-order chi connectivity index (χ1) is 9.52. The highest BCUT2D eigenvalue weighted by Gasteiger charge is 2.20. The van der Waals surface area contributed by atoms with Crippen LogP contribution in [0.2, 0.25) is 0 Å². The minimum absolute atomic E-state index is 0.123. The Morgan fingerprint density at radius 1 is 1.40 bits per heavy atom. The van der Waals surface area contributed by atoms with E-state index in [1.54, 1.807) is 0 Å². The van der Waals surface area contributed by atoms with Crippen LogP contribution in [0.1, 0.15) is 36.6 Å². The molecule has 0 atom stereocenters. The number of fused-ring (bicyclic) bond motifs is 1. The lowest BCUT2D eigenvalue weighted by molar-refractivity contribution is -0.116. The Hall–Kier alpha value is -1.69. The van der Waals surface area contributed by atoms with E-state index in [9.17, 15) is 4.79 Å². The van der Waals surface area contributed by atoms with E-state index in [0.29, 0.717) is 17.4 Å². The third-order valence-electron chi connectivity index (χ3n) is 3.57. The predicted octanol–water partition coefficient (Wildman–Crippen LogP) is 0.906. The maximum atomic E-state index is 11.2. The summed E-state index contributed by atoms with van der Waals surface area (Å²) in [6.07, 6.45) is 4.30. The summed E-state index contributed by atoms with van der Waals surface area (Å²) in [4.78, 5) is 18.0. The fourth-order valence-corrected chi connectivity index (χ4v) is 2.72. The molecule has 20 heavy (non-hydrogen) atoms. The summed E-state index contributed by atoms with van der Waals surface area (Å²) in [6.45, 7) is 2.70. The minimum Gasteiger partial charge on any atom is -0.389 e. The summed E-state index contributed by atoms with van der Waals surface area (Å²) in [5.41, 5.74) is 14.2. The number of thiocarbonyl (C=S) groups is 1. The van der Waals surface area contributed by atoms with E-state index in [1.807, 2.05) is 17.9 Å². The first-order valence-electron chi connectivity index (χ1n) is 6.88. The number of nitrogens with zero attached hydrogens (tertiary/aromatic N) is 2. The highest BCUT2D eigenvalue weighted by Crippen LogP contribution is 2.26. The molecule has 6 heteroatoms. The second-order valence-corrected chi connectivity index (χ2v) is 5.46. The Balaban J connectivity index is 2.48. The van der Waals surface area contributed by atoms with E-state index in [4.69, 9.17) is 28.7 Å². The molecule has 2 rings (SSSR count). The van der Waals surface area contributed by atoms with Crippen molar-refractivity contribution in [1.29, 1.82) is 0 Å². The summed E-state index contributed by atoms with van der Waals surface area (Å²) in [7, 11) is 0. The molecule has 1 aliphatic carbocycles. The van der Waals surface area contributed by atoms with Crippen molar-refractivity contribution in [2.75, 3.05) is 18.0 Å². The van der Waals surface area contributed by atoms with Crippen LogP contribution in [-0.4, -0.2) is 29.0 Å². The number of rotatable bonds is 5. The molecule has 1 heterocycles. The van der Waals surface area contributed by atoms with Gasteiger partial charge in [0.05, 0.1) is 12.1 Å². The van der Waals surface area contributed by atoms with Crippen molar-refractivity contribution in [3.63, 3.8) is 0 Å². The predicted molar refractivity (Wildman–Crippen MR) is 83.8 cm³/mol. The first kappa shape index (κ1) is 14.7. The number of hydrogen-bond donors (Lipinski definition) is 2. The average molecular weight is 292 g/mol. The van der Waals surface area contributed by atoms with E-state index in [-0.39, 0.29) is 12.5 Å². The number of anilines is 1. The molecular weight excluding hydrogens is 272 g/mol. The van der Waals surface area contributed by atoms with Crippen LogP contribution in [0.5, 0.6) is 0 Å². The molecule has 0 spiro atoms. The van der Waals surface area contributed by atoms with E-state index >= 15 is 0 Å². The number of amides is 1. The summed E-state index contributed by atoms with van der Waals surface area (Å²) < 4.78 is 0. The maximum Gasteiger partial charge on any atom is 0.236 e. The molecule has 1 amide bonds. The standard InChI is InChI=1S/C14H20N4OS/c1-2-18(8-12(15)19)14-10(13(16)20)7-9-5-3-4-6-11(9)17-14/h7H,2-6,8H2,1H3,(H2,15,19)(H2,16,20). The lowest BCUT2D eigenvalue weighted by atomic mass is 9.94. The zero-order valence-electron chi connectivity index (χ0n) is 11.7. The number of aromatic nitrogens is 1. The molecule has 0 aromatic carbocycles. The van der Waals surface area contributed by atoms with E-state index in [2.05, 4.69) is 0 Å². The highest BCUT2D eigenvalue weighted by molar-refractivity contribution is 7.80. The number of aryl methyl sites for hydroxylation is 2. The molecule has 0 radical (unpaired) electrons. The zero-order chi connectivity index (χ0) is 14.7. The fraction of sp³-hybridized carbons (Fsp3) is 0.500. The van der Waals surface area contributed by atoms with Crippen molar-refractivity contribution < 1.29 is 4.79 Å². The van der Waals surface area contributed by atoms with Crippen molar-refractivity contribution >= 4 is 28.9 Å². The van der Waals surface area contributed by atoms with Gasteiger partial charge in [-0.15, -0.1) is 0 Å². The van der Waals surface area contributed by atoms with Crippen LogP contribution < -0.4 is 16.4 Å². The fourth-order valence-electron chi connectivity index (χ4n) is 2.57. The monoisotopic (exact) mass is 292 g/mol. The molecule has 0 saturated carbocycles. The van der Waals surface area contributed by atoms with Crippen LogP contribution in [0.15, 0.2) is 6.07 Å². The molecule has 1 aromatic heterocycles. The third kappa shape index (κ3) is 3.07. The Morgan fingerprint density at radius 2 is 2.10 bits per heavy atom. The Bertz CT molecular complexity index is 544. The van der Waals surface area contributed by atoms with Crippen molar-refractivity contribution in [2.45, 2.75) is 32.6 Å². The van der Waals surface area contributed by atoms with Gasteiger partial charge in [0.25, 0.3) is 0 Å². The lowest BCUT2D eigenvalue weighted by Gasteiger charge is -2.26. The molecule has 0 unspecified atom stereocenters. The van der Waals surface area contributed by atoms with Crippen molar-refractivity contribution in [3.05, 3.63) is 22.9 Å². The van der Waals surface area contributed by atoms with Gasteiger partial charge in [-0.2, -0.15) is 0 Å². The normalized spacial score (nSPS) is 13.7. The van der Waals surface area contributed by atoms with E-state index < -0.39 is 0 Å². The van der Waals surface area contributed by atoms with Gasteiger partial charge in [-0.25, -0.2) is 4.98 Å². The van der Waals surface area contributed by atoms with Crippen LogP contribution in [0, 0.1) is 0 Å². The number of likely N-dealkylation sites (N-methyl/N-ethyl adjacent to an activating group) is 1. The largest absolute Gasteiger partial charge is 0.389 e. The van der Waals surface area contributed by atoms with Gasteiger partial charge in [-0.05, 0) is 44.2 Å². The van der Waals surface area contributed by atoms with Gasteiger partial charge in [0.1, 0.15) is 10.8 Å². The minimum atomic E-state index is -0.389. The third-order valence-corrected chi connectivity index (χ3v) is 3.79. The quantitative estimate of drug-likeness (QED) is 0.788. The van der Waals surface area contributed by atoms with E-state index in [1.165, 1.54) is 12.0 Å². The molecule has 0 bridgehead atoms. The highest BCUT2D eigenvalue weighted by atomic mass is 32.1. The number of carbonyl (C=O) groups excluding carboxylic acids is 1. The number of hydrogen-bond acceptors (Lipinski definition) is 4. The summed E-state index contributed by atoms with van der Waals surface area (Å²) >= 11 is 5.13. The van der Waals surface area contributed by atoms with Crippen molar-refractivity contribution in [3.8, 4) is 0 Å². The van der Waals surface area contributed by atoms with Gasteiger partial charge < -0.3 is 16.4 Å². The molecule has 0 saturated heterocycles. The summed E-state index contributed by atoms with van der Waals surface area (Å²) in [6, 6.07) is 2.03. The van der Waals surface area contributed by atoms with E-state index in [0.717, 1.165) is 30.5 Å². The number of nitrogens with two attached hydrogens (primary N) is 2. The van der Waals surface area contributed by atoms with Crippen LogP contribution in [-0.2, 0) is 17.6 Å². The lowest BCUT2D eigenvalue weighted by Crippen LogP contribution is -2.36. The average Bonchev–Trinajstić information content (AvgIpc) is 2.43. The van der Waals surface area contributed by atoms with Crippen LogP contribution in [0.25, 0.3) is 0 Å². The van der Waals surface area contributed by atoms with Gasteiger partial charge in [0.2, 0.25) is 5.91 Å². The Labute approximate surface area is 124 Å². The second-order valence-electron chi connectivity index (χ2n) is 5.02. The van der Waals surface area contributed by atoms with Gasteiger partial charge >= 0.3 is 0 Å². The molecular formula is C14H20N4OS. The van der Waals surface area contributed by atoms with Crippen LogP contribution >= 0.6 is 12.2 Å². The molecule has 0 aliphatic heterocycles. The molecule has 1 aromatic rings. The Morgan fingerprint density at radius 3 is 2.70 bits per heavy atom. The van der Waals surface area contributed by atoms with Crippen molar-refractivity contribution in [2.24, 2.45) is 11.5 Å². The molecule has 1 aliphatic rings. The number of primary amides is 1. The smallest absolute Gasteiger partial charge is 0.236 e. The SMILES string of the molecule is CCN(CC(N)=O)c1nc2c(cc1C(N)=S)CCCC2.